The zero-order chi connectivity index (χ0) is 31.2. The van der Waals surface area contributed by atoms with Gasteiger partial charge in [0.05, 0.1) is 23.4 Å². The number of hydrogen-bond donors (Lipinski definition) is 2. The standard InChI is InChI=1S/C29H30F5N7O3/c1-44-24(29(32,33)34)22-14-36-26-20(8-7-16(15-40(22)26)18-4-2-5-19(30)23(18)31)37-27(42)39-12-9-17(10-13-39)41-21-6-3-11-35-25(21)38-28(41)43/h2-6,11,14,16-17,20,24H,7-10,12-13,15H2,1H3,(H,37,42)(H,35,38,43)/t16-,20-,24-/m1/s1. The normalized spacial score (nSPS) is 20.4. The van der Waals surface area contributed by atoms with Crippen LogP contribution in [0.25, 0.3) is 11.2 Å². The third-order valence-electron chi connectivity index (χ3n) is 8.56. The van der Waals surface area contributed by atoms with E-state index in [9.17, 15) is 31.5 Å². The number of pyridine rings is 1. The lowest BCUT2D eigenvalue weighted by atomic mass is 9.92. The summed E-state index contributed by atoms with van der Waals surface area (Å²) >= 11 is 0. The summed E-state index contributed by atoms with van der Waals surface area (Å²) in [4.78, 5) is 38.8. The summed E-state index contributed by atoms with van der Waals surface area (Å²) in [5.41, 5.74) is 0.628. The van der Waals surface area contributed by atoms with Crippen LogP contribution in [0.1, 0.15) is 66.9 Å². The molecule has 3 atom stereocenters. The number of urea groups is 1. The Bertz CT molecular complexity index is 1720. The third-order valence-corrected chi connectivity index (χ3v) is 8.56. The van der Waals surface area contributed by atoms with Gasteiger partial charge >= 0.3 is 17.9 Å². The van der Waals surface area contributed by atoms with E-state index in [0.717, 1.165) is 19.4 Å². The molecule has 2 aliphatic rings. The van der Waals surface area contributed by atoms with E-state index in [1.165, 1.54) is 16.7 Å². The fourth-order valence-corrected chi connectivity index (χ4v) is 6.44. The number of halogens is 5. The Kier molecular flexibility index (Phi) is 7.90. The highest BCUT2D eigenvalue weighted by molar-refractivity contribution is 5.75. The number of nitrogens with zero attached hydrogens (tertiary/aromatic N) is 5. The van der Waals surface area contributed by atoms with Crippen molar-refractivity contribution >= 4 is 17.2 Å². The van der Waals surface area contributed by atoms with Crippen molar-refractivity contribution in [3.63, 3.8) is 0 Å². The number of imidazole rings is 2. The molecule has 5 heterocycles. The Morgan fingerprint density at radius 3 is 2.59 bits per heavy atom. The predicted octanol–water partition coefficient (Wildman–Crippen LogP) is 5.11. The van der Waals surface area contributed by atoms with Gasteiger partial charge in [-0.15, -0.1) is 0 Å². The molecule has 0 bridgehead atoms. The van der Waals surface area contributed by atoms with E-state index in [2.05, 4.69) is 20.3 Å². The van der Waals surface area contributed by atoms with Gasteiger partial charge in [0.1, 0.15) is 5.82 Å². The van der Waals surface area contributed by atoms with E-state index in [4.69, 9.17) is 4.74 Å². The Labute approximate surface area is 247 Å². The van der Waals surface area contributed by atoms with Gasteiger partial charge in [0, 0.05) is 44.9 Å². The number of H-pyrrole nitrogens is 1. The number of amides is 2. The Morgan fingerprint density at radius 1 is 1.09 bits per heavy atom. The highest BCUT2D eigenvalue weighted by Gasteiger charge is 2.45. The molecule has 1 saturated heterocycles. The number of alkyl halides is 3. The largest absolute Gasteiger partial charge is 0.420 e. The summed E-state index contributed by atoms with van der Waals surface area (Å²) in [7, 11) is 0.933. The molecule has 44 heavy (non-hydrogen) atoms. The van der Waals surface area contributed by atoms with Gasteiger partial charge in [-0.05, 0) is 49.4 Å². The SMILES string of the molecule is CO[C@H](c1cnc2n1C[C@H](c1cccc(F)c1F)CC[C@H]2NC(=O)N1CCC(n2c(=O)[nH]c3ncccc32)CC1)C(F)(F)F. The Morgan fingerprint density at radius 2 is 1.86 bits per heavy atom. The lowest BCUT2D eigenvalue weighted by molar-refractivity contribution is -0.218. The van der Waals surface area contributed by atoms with Crippen LogP contribution in [-0.4, -0.2) is 61.4 Å². The molecule has 10 nitrogen and oxygen atoms in total. The van der Waals surface area contributed by atoms with Crippen molar-refractivity contribution < 1.29 is 31.5 Å². The molecule has 0 unspecified atom stereocenters. The summed E-state index contributed by atoms with van der Waals surface area (Å²) in [6.45, 7) is 0.547. The molecule has 0 radical (unpaired) electrons. The summed E-state index contributed by atoms with van der Waals surface area (Å²) in [6, 6.07) is 5.90. The number of aromatic nitrogens is 5. The molecule has 1 fully saturated rings. The van der Waals surface area contributed by atoms with Gasteiger partial charge in [-0.25, -0.2) is 28.3 Å². The van der Waals surface area contributed by atoms with Crippen molar-refractivity contribution in [2.24, 2.45) is 0 Å². The molecule has 4 aromatic rings. The molecule has 0 saturated carbocycles. The van der Waals surface area contributed by atoms with Gasteiger partial charge in [-0.3, -0.25) is 9.55 Å². The van der Waals surface area contributed by atoms with Gasteiger partial charge in [0.25, 0.3) is 0 Å². The highest BCUT2D eigenvalue weighted by Crippen LogP contribution is 2.40. The van der Waals surface area contributed by atoms with E-state index < -0.39 is 41.9 Å². The monoisotopic (exact) mass is 619 g/mol. The first-order valence-electron chi connectivity index (χ1n) is 14.3. The smallest absolute Gasteiger partial charge is 0.366 e. The number of ether oxygens (including phenoxy) is 1. The van der Waals surface area contributed by atoms with Crippen LogP contribution >= 0.6 is 0 Å². The minimum Gasteiger partial charge on any atom is -0.366 e. The van der Waals surface area contributed by atoms with E-state index >= 15 is 0 Å². The maximum atomic E-state index is 14.8. The van der Waals surface area contributed by atoms with Gasteiger partial charge in [0.2, 0.25) is 0 Å². The topological polar surface area (TPSA) is 110 Å². The molecule has 0 aliphatic carbocycles. The first-order valence-corrected chi connectivity index (χ1v) is 14.3. The van der Waals surface area contributed by atoms with E-state index in [-0.39, 0.29) is 48.2 Å². The van der Waals surface area contributed by atoms with Crippen molar-refractivity contribution in [2.45, 2.75) is 62.5 Å². The molecule has 2 aliphatic heterocycles. The Hall–Kier alpha value is -4.27. The van der Waals surface area contributed by atoms with Crippen molar-refractivity contribution in [2.75, 3.05) is 20.2 Å². The number of hydrogen-bond acceptors (Lipinski definition) is 5. The van der Waals surface area contributed by atoms with Crippen LogP contribution in [0.5, 0.6) is 0 Å². The zero-order valence-corrected chi connectivity index (χ0v) is 23.7. The second-order valence-electron chi connectivity index (χ2n) is 11.1. The number of carbonyl (C=O) groups is 1. The van der Waals surface area contributed by atoms with Crippen molar-refractivity contribution in [3.05, 3.63) is 81.9 Å². The molecular formula is C29H30F5N7O3. The fraction of sp³-hybridized carbons (Fsp3) is 0.448. The summed E-state index contributed by atoms with van der Waals surface area (Å²) in [5, 5.41) is 2.91. The second-order valence-corrected chi connectivity index (χ2v) is 11.1. The average Bonchev–Trinajstić information content (AvgIpc) is 3.49. The second kappa shape index (κ2) is 11.7. The molecule has 2 N–H and O–H groups in total. The zero-order valence-electron chi connectivity index (χ0n) is 23.7. The van der Waals surface area contributed by atoms with Gasteiger partial charge < -0.3 is 19.5 Å². The van der Waals surface area contributed by atoms with Crippen LogP contribution in [0.2, 0.25) is 0 Å². The number of nitrogens with one attached hydrogen (secondary N) is 2. The number of benzene rings is 1. The highest BCUT2D eigenvalue weighted by atomic mass is 19.4. The van der Waals surface area contributed by atoms with Crippen molar-refractivity contribution in [1.29, 1.82) is 0 Å². The van der Waals surface area contributed by atoms with Gasteiger partial charge in [-0.2, -0.15) is 13.2 Å². The number of likely N-dealkylation sites (tertiary alicyclic amines) is 1. The van der Waals surface area contributed by atoms with Crippen LogP contribution < -0.4 is 11.0 Å². The van der Waals surface area contributed by atoms with E-state index in [0.29, 0.717) is 37.1 Å². The van der Waals surface area contributed by atoms with Crippen LogP contribution in [-0.2, 0) is 11.3 Å². The first-order chi connectivity index (χ1) is 21.1. The van der Waals surface area contributed by atoms with Gasteiger partial charge in [0.15, 0.2) is 23.4 Å². The summed E-state index contributed by atoms with van der Waals surface area (Å²) < 4.78 is 78.4. The number of aromatic amines is 1. The van der Waals surface area contributed by atoms with Crippen molar-refractivity contribution in [1.82, 2.24) is 34.3 Å². The number of fused-ring (bicyclic) bond motifs is 2. The Balaban J connectivity index is 1.23. The predicted molar refractivity (Wildman–Crippen MR) is 148 cm³/mol. The molecule has 15 heteroatoms. The lowest BCUT2D eigenvalue weighted by Gasteiger charge is -2.33. The van der Waals surface area contributed by atoms with Crippen LogP contribution in [0, 0.1) is 11.6 Å². The molecule has 3 aromatic heterocycles. The number of rotatable bonds is 5. The summed E-state index contributed by atoms with van der Waals surface area (Å²) in [5.74, 6) is -2.63. The first kappa shape index (κ1) is 29.8. The maximum absolute atomic E-state index is 14.8. The molecule has 6 rings (SSSR count). The molecular weight excluding hydrogens is 589 g/mol. The van der Waals surface area contributed by atoms with Gasteiger partial charge in [-0.1, -0.05) is 12.1 Å². The fourth-order valence-electron chi connectivity index (χ4n) is 6.44. The van der Waals surface area contributed by atoms with Crippen LogP contribution in [0.4, 0.5) is 26.7 Å². The lowest BCUT2D eigenvalue weighted by Crippen LogP contribution is -2.46. The van der Waals surface area contributed by atoms with Crippen LogP contribution in [0.15, 0.2) is 47.5 Å². The number of carbonyl (C=O) groups excluding carboxylic acids is 1. The summed E-state index contributed by atoms with van der Waals surface area (Å²) in [6.07, 6.45) is -2.95. The van der Waals surface area contributed by atoms with E-state index in [1.807, 2.05) is 0 Å². The van der Waals surface area contributed by atoms with Crippen LogP contribution in [0.3, 0.4) is 0 Å². The van der Waals surface area contributed by atoms with Crippen molar-refractivity contribution in [3.8, 4) is 0 Å². The molecule has 2 amide bonds. The average molecular weight is 620 g/mol. The molecule has 0 spiro atoms. The maximum Gasteiger partial charge on any atom is 0.420 e. The minimum absolute atomic E-state index is 0.0355. The van der Waals surface area contributed by atoms with E-state index in [1.54, 1.807) is 27.8 Å². The minimum atomic E-state index is -4.76. The number of methoxy groups -OCH3 is 1. The number of piperidine rings is 1. The quantitative estimate of drug-likeness (QED) is 0.302. The third kappa shape index (κ3) is 5.44. The molecule has 234 valence electrons. The molecule has 1 aromatic carbocycles.